The summed E-state index contributed by atoms with van der Waals surface area (Å²) in [6.45, 7) is 4.88. The first-order valence-electron chi connectivity index (χ1n) is 7.52. The summed E-state index contributed by atoms with van der Waals surface area (Å²) in [5.74, 6) is -0.155. The summed E-state index contributed by atoms with van der Waals surface area (Å²) in [6, 6.07) is 6.88. The Labute approximate surface area is 146 Å². The molecule has 7 heteroatoms. The lowest BCUT2D eigenvalue weighted by Crippen LogP contribution is -2.43. The van der Waals surface area contributed by atoms with Gasteiger partial charge in [0, 0.05) is 48.3 Å². The molecule has 0 atom stereocenters. The first-order valence-corrected chi connectivity index (χ1v) is 8.28. The molecule has 23 heavy (non-hydrogen) atoms. The molecule has 2 rings (SSSR count). The number of morpholine rings is 1. The molecule has 0 spiro atoms. The highest BCUT2D eigenvalue weighted by Gasteiger charge is 2.18. The Kier molecular flexibility index (Phi) is 7.13. The lowest BCUT2D eigenvalue weighted by atomic mass is 10.2. The highest BCUT2D eigenvalue weighted by Crippen LogP contribution is 2.20. The minimum absolute atomic E-state index is 0.155. The van der Waals surface area contributed by atoms with Crippen LogP contribution in [-0.2, 0) is 4.74 Å². The molecule has 0 saturated carbocycles. The number of nitrogens with zero attached hydrogens (tertiary/aromatic N) is 3. The van der Waals surface area contributed by atoms with Gasteiger partial charge in [-0.1, -0.05) is 23.2 Å². The van der Waals surface area contributed by atoms with E-state index in [9.17, 15) is 4.79 Å². The standard InChI is InChI=1S/C16H19Cl2N3O2/c17-14-10-13(11-15(18)12-14)16(22)21(3-1-2-19)5-4-20-6-8-23-9-7-20/h10-12H,1,3-9H2. The molecule has 0 N–H and O–H groups in total. The van der Waals surface area contributed by atoms with Crippen LogP contribution in [0, 0.1) is 11.3 Å². The molecule has 1 aromatic rings. The van der Waals surface area contributed by atoms with Crippen LogP contribution in [0.2, 0.25) is 10.0 Å². The number of carbonyl (C=O) groups excluding carboxylic acids is 1. The first kappa shape index (κ1) is 18.0. The molecule has 1 heterocycles. The first-order chi connectivity index (χ1) is 11.1. The third-order valence-corrected chi connectivity index (χ3v) is 4.12. The summed E-state index contributed by atoms with van der Waals surface area (Å²) < 4.78 is 5.32. The van der Waals surface area contributed by atoms with Crippen molar-refractivity contribution in [3.05, 3.63) is 33.8 Å². The molecule has 5 nitrogen and oxygen atoms in total. The van der Waals surface area contributed by atoms with Gasteiger partial charge in [-0.25, -0.2) is 0 Å². The molecule has 0 radical (unpaired) electrons. The number of amides is 1. The summed E-state index contributed by atoms with van der Waals surface area (Å²) >= 11 is 11.9. The topological polar surface area (TPSA) is 56.6 Å². The van der Waals surface area contributed by atoms with E-state index in [2.05, 4.69) is 11.0 Å². The van der Waals surface area contributed by atoms with E-state index in [-0.39, 0.29) is 5.91 Å². The summed E-state index contributed by atoms with van der Waals surface area (Å²) in [6.07, 6.45) is 0.295. The molecule has 0 aromatic heterocycles. The summed E-state index contributed by atoms with van der Waals surface area (Å²) in [5, 5.41) is 9.67. The Hall–Kier alpha value is -1.32. The summed E-state index contributed by atoms with van der Waals surface area (Å²) in [5.41, 5.74) is 0.447. The molecule has 1 saturated heterocycles. The van der Waals surface area contributed by atoms with Crippen molar-refractivity contribution in [3.8, 4) is 6.07 Å². The van der Waals surface area contributed by atoms with E-state index in [1.54, 1.807) is 23.1 Å². The predicted octanol–water partition coefficient (Wildman–Crippen LogP) is 2.68. The van der Waals surface area contributed by atoms with Gasteiger partial charge in [-0.05, 0) is 18.2 Å². The van der Waals surface area contributed by atoms with Crippen molar-refractivity contribution < 1.29 is 9.53 Å². The molecule has 1 aromatic carbocycles. The third-order valence-electron chi connectivity index (χ3n) is 3.68. The number of benzene rings is 1. The van der Waals surface area contributed by atoms with E-state index in [1.807, 2.05) is 0 Å². The summed E-state index contributed by atoms with van der Waals surface area (Å²) in [7, 11) is 0. The van der Waals surface area contributed by atoms with Gasteiger partial charge in [-0.15, -0.1) is 0 Å². The normalized spacial score (nSPS) is 15.2. The largest absolute Gasteiger partial charge is 0.379 e. The Morgan fingerprint density at radius 2 is 1.87 bits per heavy atom. The molecular weight excluding hydrogens is 337 g/mol. The number of carbonyl (C=O) groups is 1. The fourth-order valence-electron chi connectivity index (χ4n) is 2.45. The second kappa shape index (κ2) is 9.09. The molecule has 0 aliphatic carbocycles. The Bertz CT molecular complexity index is 563. The van der Waals surface area contributed by atoms with Crippen molar-refractivity contribution in [1.82, 2.24) is 9.80 Å². The quantitative estimate of drug-likeness (QED) is 0.787. The van der Waals surface area contributed by atoms with Gasteiger partial charge in [-0.3, -0.25) is 9.69 Å². The SMILES string of the molecule is N#CCCN(CCN1CCOCC1)C(=O)c1cc(Cl)cc(Cl)c1. The minimum atomic E-state index is -0.155. The number of ether oxygens (including phenoxy) is 1. The maximum absolute atomic E-state index is 12.7. The van der Waals surface area contributed by atoms with Crippen LogP contribution in [0.25, 0.3) is 0 Å². The van der Waals surface area contributed by atoms with Crippen molar-refractivity contribution >= 4 is 29.1 Å². The smallest absolute Gasteiger partial charge is 0.254 e. The average Bonchev–Trinajstić information content (AvgIpc) is 2.54. The maximum atomic E-state index is 12.7. The van der Waals surface area contributed by atoms with Gasteiger partial charge < -0.3 is 9.64 Å². The van der Waals surface area contributed by atoms with E-state index in [0.717, 1.165) is 32.8 Å². The Morgan fingerprint density at radius 1 is 1.22 bits per heavy atom. The van der Waals surface area contributed by atoms with Crippen molar-refractivity contribution in [2.75, 3.05) is 45.9 Å². The molecule has 1 amide bonds. The zero-order valence-electron chi connectivity index (χ0n) is 12.8. The molecule has 1 fully saturated rings. The van der Waals surface area contributed by atoms with Crippen LogP contribution >= 0.6 is 23.2 Å². The van der Waals surface area contributed by atoms with Gasteiger partial charge in [0.25, 0.3) is 5.91 Å². The molecule has 1 aliphatic rings. The number of hydrogen-bond acceptors (Lipinski definition) is 4. The van der Waals surface area contributed by atoms with Crippen molar-refractivity contribution in [2.24, 2.45) is 0 Å². The molecule has 0 bridgehead atoms. The van der Waals surface area contributed by atoms with E-state index < -0.39 is 0 Å². The van der Waals surface area contributed by atoms with Gasteiger partial charge in [-0.2, -0.15) is 5.26 Å². The predicted molar refractivity (Wildman–Crippen MR) is 89.9 cm³/mol. The highest BCUT2D eigenvalue weighted by atomic mass is 35.5. The van der Waals surface area contributed by atoms with Gasteiger partial charge in [0.15, 0.2) is 0 Å². The Morgan fingerprint density at radius 3 is 2.48 bits per heavy atom. The van der Waals surface area contributed by atoms with Crippen LogP contribution in [0.15, 0.2) is 18.2 Å². The van der Waals surface area contributed by atoms with Crippen LogP contribution in [0.5, 0.6) is 0 Å². The van der Waals surface area contributed by atoms with Crippen LogP contribution in [-0.4, -0.2) is 61.6 Å². The zero-order valence-corrected chi connectivity index (χ0v) is 14.3. The lowest BCUT2D eigenvalue weighted by Gasteiger charge is -2.30. The van der Waals surface area contributed by atoms with E-state index in [4.69, 9.17) is 33.2 Å². The number of rotatable bonds is 6. The minimum Gasteiger partial charge on any atom is -0.379 e. The maximum Gasteiger partial charge on any atom is 0.254 e. The van der Waals surface area contributed by atoms with Crippen LogP contribution in [0.3, 0.4) is 0 Å². The van der Waals surface area contributed by atoms with Gasteiger partial charge in [0.1, 0.15) is 0 Å². The molecule has 124 valence electrons. The van der Waals surface area contributed by atoms with Crippen LogP contribution < -0.4 is 0 Å². The third kappa shape index (κ3) is 5.67. The van der Waals surface area contributed by atoms with Crippen molar-refractivity contribution in [3.63, 3.8) is 0 Å². The van der Waals surface area contributed by atoms with E-state index in [1.165, 1.54) is 0 Å². The van der Waals surface area contributed by atoms with Crippen molar-refractivity contribution in [2.45, 2.75) is 6.42 Å². The van der Waals surface area contributed by atoms with Crippen molar-refractivity contribution in [1.29, 1.82) is 5.26 Å². The molecule has 1 aliphatic heterocycles. The molecular formula is C16H19Cl2N3O2. The monoisotopic (exact) mass is 355 g/mol. The van der Waals surface area contributed by atoms with E-state index >= 15 is 0 Å². The number of hydrogen-bond donors (Lipinski definition) is 0. The van der Waals surface area contributed by atoms with Gasteiger partial charge in [0.05, 0.1) is 25.7 Å². The average molecular weight is 356 g/mol. The number of halogens is 2. The second-order valence-electron chi connectivity index (χ2n) is 5.31. The Balaban J connectivity index is 2.03. The zero-order chi connectivity index (χ0) is 16.7. The molecule has 0 unspecified atom stereocenters. The fraction of sp³-hybridized carbons (Fsp3) is 0.500. The van der Waals surface area contributed by atoms with Gasteiger partial charge in [0.2, 0.25) is 0 Å². The second-order valence-corrected chi connectivity index (χ2v) is 6.19. The van der Waals surface area contributed by atoms with Crippen LogP contribution in [0.4, 0.5) is 0 Å². The highest BCUT2D eigenvalue weighted by molar-refractivity contribution is 6.35. The lowest BCUT2D eigenvalue weighted by molar-refractivity contribution is 0.0326. The summed E-state index contributed by atoms with van der Waals surface area (Å²) in [4.78, 5) is 16.6. The van der Waals surface area contributed by atoms with Gasteiger partial charge >= 0.3 is 0 Å². The fourth-order valence-corrected chi connectivity index (χ4v) is 2.97. The number of nitriles is 1. The van der Waals surface area contributed by atoms with Crippen LogP contribution in [0.1, 0.15) is 16.8 Å². The van der Waals surface area contributed by atoms with E-state index in [0.29, 0.717) is 35.1 Å².